The van der Waals surface area contributed by atoms with Crippen LogP contribution >= 0.6 is 11.8 Å². The molecule has 0 spiro atoms. The summed E-state index contributed by atoms with van der Waals surface area (Å²) in [6.07, 6.45) is 9.96. The first kappa shape index (κ1) is 39.1. The van der Waals surface area contributed by atoms with Crippen LogP contribution in [0.25, 0.3) is 0 Å². The van der Waals surface area contributed by atoms with Gasteiger partial charge in [0.15, 0.2) is 0 Å². The number of fused-ring (bicyclic) bond motifs is 2. The van der Waals surface area contributed by atoms with Crippen molar-refractivity contribution in [3.63, 3.8) is 0 Å². The van der Waals surface area contributed by atoms with E-state index in [1.807, 2.05) is 64.1 Å². The molecule has 0 radical (unpaired) electrons. The van der Waals surface area contributed by atoms with Gasteiger partial charge in [0.25, 0.3) is 0 Å². The van der Waals surface area contributed by atoms with E-state index in [0.717, 1.165) is 83.2 Å². The molecule has 2 N–H and O–H groups in total. The Morgan fingerprint density at radius 3 is 2.49 bits per heavy atom. The zero-order valence-corrected chi connectivity index (χ0v) is 32.5. The third kappa shape index (κ3) is 9.19. The molecule has 2 aliphatic carbocycles. The third-order valence-corrected chi connectivity index (χ3v) is 11.7. The molecule has 53 heavy (non-hydrogen) atoms. The molecule has 0 bridgehead atoms. The number of oxime groups is 1. The highest BCUT2D eigenvalue weighted by molar-refractivity contribution is 8.00. The number of aliphatic hydroxyl groups excluding tert-OH is 2. The second-order valence-electron chi connectivity index (χ2n) is 15.4. The number of aromatic nitrogens is 1. The highest BCUT2D eigenvalue weighted by atomic mass is 32.2. The summed E-state index contributed by atoms with van der Waals surface area (Å²) in [6.45, 7) is 13.1. The maximum absolute atomic E-state index is 9.89. The van der Waals surface area contributed by atoms with Crippen LogP contribution in [0.5, 0.6) is 11.5 Å². The summed E-state index contributed by atoms with van der Waals surface area (Å²) < 4.78 is 20.8. The van der Waals surface area contributed by atoms with E-state index in [0.29, 0.717) is 19.6 Å². The molecule has 3 aromatic rings. The van der Waals surface area contributed by atoms with Crippen LogP contribution in [0.2, 0.25) is 0 Å². The predicted molar refractivity (Wildman–Crippen MR) is 211 cm³/mol. The minimum absolute atomic E-state index is 0.0129. The number of ether oxygens (including phenoxy) is 3. The normalized spacial score (nSPS) is 25.5. The average Bonchev–Trinajstić information content (AvgIpc) is 3.14. The van der Waals surface area contributed by atoms with Crippen molar-refractivity contribution in [2.45, 2.75) is 107 Å². The Morgan fingerprint density at radius 2 is 1.77 bits per heavy atom. The number of nitrogens with zero attached hydrogens (tertiary/aromatic N) is 2. The van der Waals surface area contributed by atoms with Crippen LogP contribution in [0.1, 0.15) is 88.6 Å². The largest absolute Gasteiger partial charge is 0.487 e. The Morgan fingerprint density at radius 1 is 1.00 bits per heavy atom. The lowest BCUT2D eigenvalue weighted by Crippen LogP contribution is -2.64. The van der Waals surface area contributed by atoms with Gasteiger partial charge in [-0.25, -0.2) is 0 Å². The van der Waals surface area contributed by atoms with E-state index in [9.17, 15) is 10.2 Å². The van der Waals surface area contributed by atoms with Crippen LogP contribution in [0.4, 0.5) is 0 Å². The van der Waals surface area contributed by atoms with Crippen LogP contribution < -0.4 is 9.47 Å². The Balaban J connectivity index is 1.53. The molecule has 6 rings (SSSR count). The van der Waals surface area contributed by atoms with Crippen molar-refractivity contribution in [1.82, 2.24) is 4.98 Å². The molecule has 1 aromatic heterocycles. The maximum Gasteiger partial charge on any atom is 0.231 e. The Kier molecular flexibility index (Phi) is 13.0. The standard InChI is InChI=1S/C44H56N2O6S/c1-6-25-50-44-40(53-34-18-8-7-9-19-34)28-38(46-52-43(3,4)5)36-26-31(16-10-12-23-47)35(20-11-13-24-48)41(42(36)44)37-27-33(21-22-39(37)51-44)49-29-32-17-14-15-30(2)45-32/h6-9,14-15,17-19,21-22,26-27,31,35,40-42,47-48H,1,10-13,16,20,23-25,28-29H2,2-5H3/t31-,35+,40-,41+,42+,44+/m0/s1. The van der Waals surface area contributed by atoms with E-state index in [2.05, 4.69) is 48.0 Å². The number of thioether (sulfide) groups is 1. The fourth-order valence-corrected chi connectivity index (χ4v) is 9.52. The summed E-state index contributed by atoms with van der Waals surface area (Å²) in [4.78, 5) is 12.0. The minimum Gasteiger partial charge on any atom is -0.487 e. The highest BCUT2D eigenvalue weighted by Crippen LogP contribution is 2.63. The second kappa shape index (κ2) is 17.7. The number of benzene rings is 2. The highest BCUT2D eigenvalue weighted by Gasteiger charge is 2.64. The van der Waals surface area contributed by atoms with Crippen molar-refractivity contribution < 1.29 is 29.3 Å². The Labute approximate surface area is 319 Å². The number of pyridine rings is 1. The summed E-state index contributed by atoms with van der Waals surface area (Å²) in [6, 6.07) is 22.6. The molecule has 284 valence electrons. The van der Waals surface area contributed by atoms with Crippen LogP contribution in [-0.4, -0.2) is 57.4 Å². The van der Waals surface area contributed by atoms with Gasteiger partial charge in [-0.2, -0.15) is 0 Å². The van der Waals surface area contributed by atoms with E-state index in [1.165, 1.54) is 0 Å². The third-order valence-electron chi connectivity index (χ3n) is 10.4. The molecule has 6 atom stereocenters. The van der Waals surface area contributed by atoms with E-state index in [4.69, 9.17) is 24.2 Å². The van der Waals surface area contributed by atoms with Gasteiger partial charge in [0.1, 0.15) is 23.7 Å². The first-order valence-corrected chi connectivity index (χ1v) is 20.1. The smallest absolute Gasteiger partial charge is 0.231 e. The quantitative estimate of drug-likeness (QED) is 0.0803. The molecule has 0 unspecified atom stereocenters. The number of aryl methyl sites for hydroxylation is 1. The Bertz CT molecular complexity index is 1740. The van der Waals surface area contributed by atoms with Crippen LogP contribution in [-0.2, 0) is 16.2 Å². The van der Waals surface area contributed by atoms with E-state index in [-0.39, 0.29) is 42.1 Å². The van der Waals surface area contributed by atoms with Gasteiger partial charge >= 0.3 is 0 Å². The zero-order chi connectivity index (χ0) is 37.4. The van der Waals surface area contributed by atoms with Gasteiger partial charge in [0.2, 0.25) is 5.79 Å². The van der Waals surface area contributed by atoms with E-state index < -0.39 is 11.4 Å². The van der Waals surface area contributed by atoms with E-state index in [1.54, 1.807) is 17.8 Å². The number of aliphatic hydroxyl groups is 2. The maximum atomic E-state index is 9.89. The van der Waals surface area contributed by atoms with Crippen molar-refractivity contribution in [1.29, 1.82) is 0 Å². The van der Waals surface area contributed by atoms with Gasteiger partial charge in [-0.15, -0.1) is 18.3 Å². The lowest BCUT2D eigenvalue weighted by atomic mass is 9.56. The molecule has 1 fully saturated rings. The fourth-order valence-electron chi connectivity index (χ4n) is 8.21. The summed E-state index contributed by atoms with van der Waals surface area (Å²) in [5.74, 6) is 0.700. The van der Waals surface area contributed by atoms with Crippen molar-refractivity contribution in [3.05, 3.63) is 108 Å². The SMILES string of the molecule is C=CCO[C@@]12Oc3ccc(OCc4cccc(C)n4)cc3[C@H]3[C@H](CCCCO)[C@@H](CCCCO)C=C(C(=NOC(C)(C)C)C[C@@H]1Sc1ccccc1)[C@H]32. The zero-order valence-electron chi connectivity index (χ0n) is 31.7. The number of hydrogen-bond acceptors (Lipinski definition) is 9. The monoisotopic (exact) mass is 740 g/mol. The van der Waals surface area contributed by atoms with Crippen molar-refractivity contribution >= 4 is 17.5 Å². The van der Waals surface area contributed by atoms with Crippen molar-refractivity contribution in [2.24, 2.45) is 22.9 Å². The molecular formula is C44H56N2O6S. The second-order valence-corrected chi connectivity index (χ2v) is 16.7. The molecule has 0 amide bonds. The van der Waals surface area contributed by atoms with Gasteiger partial charge < -0.3 is 29.3 Å². The van der Waals surface area contributed by atoms with Gasteiger partial charge in [-0.1, -0.05) is 54.4 Å². The molecule has 1 aliphatic heterocycles. The number of hydrogen-bond donors (Lipinski definition) is 2. The molecule has 2 aromatic carbocycles. The van der Waals surface area contributed by atoms with Gasteiger partial charge in [0.05, 0.1) is 29.2 Å². The average molecular weight is 741 g/mol. The molecular weight excluding hydrogens is 685 g/mol. The molecule has 9 heteroatoms. The molecule has 8 nitrogen and oxygen atoms in total. The summed E-state index contributed by atoms with van der Waals surface area (Å²) in [5, 5.41) is 24.5. The van der Waals surface area contributed by atoms with Crippen LogP contribution in [0.3, 0.4) is 0 Å². The molecule has 2 heterocycles. The lowest BCUT2D eigenvalue weighted by Gasteiger charge is -2.58. The van der Waals surface area contributed by atoms with Crippen LogP contribution in [0, 0.1) is 24.7 Å². The topological polar surface area (TPSA) is 103 Å². The van der Waals surface area contributed by atoms with Crippen molar-refractivity contribution in [3.8, 4) is 11.5 Å². The first-order chi connectivity index (χ1) is 25.7. The number of allylic oxidation sites excluding steroid dienone is 1. The first-order valence-electron chi connectivity index (χ1n) is 19.2. The summed E-state index contributed by atoms with van der Waals surface area (Å²) in [7, 11) is 0. The summed E-state index contributed by atoms with van der Waals surface area (Å²) >= 11 is 1.76. The number of unbranched alkanes of at least 4 members (excludes halogenated alkanes) is 2. The Hall–Kier alpha value is -3.63. The molecule has 0 saturated heterocycles. The van der Waals surface area contributed by atoms with Gasteiger partial charge in [-0.3, -0.25) is 4.98 Å². The number of rotatable bonds is 17. The van der Waals surface area contributed by atoms with Crippen LogP contribution in [0.15, 0.2) is 101 Å². The van der Waals surface area contributed by atoms with Gasteiger partial charge in [-0.05, 0) is 113 Å². The molecule has 3 aliphatic rings. The lowest BCUT2D eigenvalue weighted by molar-refractivity contribution is -0.223. The van der Waals surface area contributed by atoms with E-state index >= 15 is 0 Å². The van der Waals surface area contributed by atoms with Crippen molar-refractivity contribution in [2.75, 3.05) is 19.8 Å². The minimum atomic E-state index is -1.04. The molecule has 1 saturated carbocycles. The van der Waals surface area contributed by atoms with Gasteiger partial charge in [0, 0.05) is 41.7 Å². The summed E-state index contributed by atoms with van der Waals surface area (Å²) in [5.41, 5.74) is 4.48. The predicted octanol–water partition coefficient (Wildman–Crippen LogP) is 9.19. The fraction of sp³-hybridized carbons (Fsp3) is 0.500.